The monoisotopic (exact) mass is 342 g/mol. The standard InChI is InChI=1S/C20H22O3S/c1-14-9-11-17(12-10-14)20(22)24-15(2)18(13-19(21)23-3)16-7-5-4-6-8-16/h4-12,15,18H,13H2,1-3H3. The molecule has 0 amide bonds. The highest BCUT2D eigenvalue weighted by Gasteiger charge is 2.25. The van der Waals surface area contributed by atoms with Gasteiger partial charge in [-0.15, -0.1) is 0 Å². The molecule has 24 heavy (non-hydrogen) atoms. The molecule has 0 aliphatic carbocycles. The molecule has 2 aromatic rings. The first kappa shape index (κ1) is 18.3. The quantitative estimate of drug-likeness (QED) is 0.719. The Bertz CT molecular complexity index is 680. The molecule has 2 unspecified atom stereocenters. The van der Waals surface area contributed by atoms with Gasteiger partial charge in [0.15, 0.2) is 0 Å². The third kappa shape index (κ3) is 4.96. The Morgan fingerprint density at radius 1 is 1.04 bits per heavy atom. The molecule has 0 saturated heterocycles. The predicted octanol–water partition coefficient (Wildman–Crippen LogP) is 4.60. The summed E-state index contributed by atoms with van der Waals surface area (Å²) in [6, 6.07) is 17.3. The number of hydrogen-bond acceptors (Lipinski definition) is 4. The lowest BCUT2D eigenvalue weighted by molar-refractivity contribution is -0.141. The van der Waals surface area contributed by atoms with Crippen molar-refractivity contribution in [2.75, 3.05) is 7.11 Å². The van der Waals surface area contributed by atoms with E-state index in [2.05, 4.69) is 0 Å². The van der Waals surface area contributed by atoms with Crippen molar-refractivity contribution < 1.29 is 14.3 Å². The zero-order valence-corrected chi connectivity index (χ0v) is 15.0. The molecule has 0 heterocycles. The highest BCUT2D eigenvalue weighted by atomic mass is 32.2. The topological polar surface area (TPSA) is 43.4 Å². The molecule has 0 fully saturated rings. The van der Waals surface area contributed by atoms with Crippen molar-refractivity contribution in [1.29, 1.82) is 0 Å². The van der Waals surface area contributed by atoms with Crippen LogP contribution >= 0.6 is 11.8 Å². The number of benzene rings is 2. The third-order valence-corrected chi connectivity index (χ3v) is 5.14. The number of methoxy groups -OCH3 is 1. The summed E-state index contributed by atoms with van der Waals surface area (Å²) in [6.45, 7) is 3.98. The molecule has 2 aromatic carbocycles. The fraction of sp³-hybridized carbons (Fsp3) is 0.300. The number of thioether (sulfide) groups is 1. The van der Waals surface area contributed by atoms with E-state index in [9.17, 15) is 9.59 Å². The van der Waals surface area contributed by atoms with E-state index in [-0.39, 0.29) is 28.7 Å². The summed E-state index contributed by atoms with van der Waals surface area (Å²) >= 11 is 1.27. The maximum absolute atomic E-state index is 12.5. The van der Waals surface area contributed by atoms with Gasteiger partial charge in [-0.1, -0.05) is 78.8 Å². The van der Waals surface area contributed by atoms with Crippen molar-refractivity contribution in [3.63, 3.8) is 0 Å². The van der Waals surface area contributed by atoms with Crippen LogP contribution in [0.1, 0.15) is 40.7 Å². The molecule has 0 radical (unpaired) electrons. The second kappa shape index (κ2) is 8.69. The van der Waals surface area contributed by atoms with Crippen molar-refractivity contribution in [3.8, 4) is 0 Å². The van der Waals surface area contributed by atoms with Gasteiger partial charge in [0, 0.05) is 16.7 Å². The normalized spacial score (nSPS) is 13.1. The Hall–Kier alpha value is -2.07. The van der Waals surface area contributed by atoms with E-state index in [1.165, 1.54) is 18.9 Å². The van der Waals surface area contributed by atoms with Gasteiger partial charge in [-0.25, -0.2) is 0 Å². The average Bonchev–Trinajstić information content (AvgIpc) is 2.60. The Balaban J connectivity index is 2.15. The summed E-state index contributed by atoms with van der Waals surface area (Å²) in [5.74, 6) is -0.336. The van der Waals surface area contributed by atoms with Crippen molar-refractivity contribution in [2.24, 2.45) is 0 Å². The van der Waals surface area contributed by atoms with Crippen molar-refractivity contribution >= 4 is 22.8 Å². The van der Waals surface area contributed by atoms with E-state index in [1.54, 1.807) is 0 Å². The van der Waals surface area contributed by atoms with Crippen LogP contribution in [0.25, 0.3) is 0 Å². The number of aryl methyl sites for hydroxylation is 1. The molecular formula is C20H22O3S. The van der Waals surface area contributed by atoms with E-state index < -0.39 is 0 Å². The first-order chi connectivity index (χ1) is 11.5. The van der Waals surface area contributed by atoms with Crippen LogP contribution < -0.4 is 0 Å². The number of hydrogen-bond donors (Lipinski definition) is 0. The van der Waals surface area contributed by atoms with Gasteiger partial charge in [0.2, 0.25) is 5.12 Å². The zero-order chi connectivity index (χ0) is 17.5. The summed E-state index contributed by atoms with van der Waals surface area (Å²) in [4.78, 5) is 24.3. The van der Waals surface area contributed by atoms with E-state index in [1.807, 2.05) is 68.4 Å². The lowest BCUT2D eigenvalue weighted by Gasteiger charge is -2.22. The second-order valence-electron chi connectivity index (χ2n) is 5.77. The molecule has 0 spiro atoms. The van der Waals surface area contributed by atoms with E-state index in [0.717, 1.165) is 11.1 Å². The van der Waals surface area contributed by atoms with Crippen molar-refractivity contribution in [1.82, 2.24) is 0 Å². The van der Waals surface area contributed by atoms with E-state index in [0.29, 0.717) is 5.56 Å². The van der Waals surface area contributed by atoms with Gasteiger partial charge in [-0.05, 0) is 12.5 Å². The zero-order valence-electron chi connectivity index (χ0n) is 14.2. The maximum Gasteiger partial charge on any atom is 0.306 e. The van der Waals surface area contributed by atoms with Crippen LogP contribution in [-0.2, 0) is 9.53 Å². The predicted molar refractivity (Wildman–Crippen MR) is 98.4 cm³/mol. The molecule has 0 aliphatic heterocycles. The fourth-order valence-electron chi connectivity index (χ4n) is 2.53. The molecule has 3 nitrogen and oxygen atoms in total. The number of carbonyl (C=O) groups is 2. The highest BCUT2D eigenvalue weighted by Crippen LogP contribution is 2.33. The second-order valence-corrected chi connectivity index (χ2v) is 7.12. The van der Waals surface area contributed by atoms with Crippen LogP contribution in [0.2, 0.25) is 0 Å². The van der Waals surface area contributed by atoms with E-state index in [4.69, 9.17) is 4.74 Å². The summed E-state index contributed by atoms with van der Waals surface area (Å²) in [5, 5.41) is -0.0198. The smallest absolute Gasteiger partial charge is 0.306 e. The molecule has 0 aromatic heterocycles. The number of esters is 1. The molecular weight excluding hydrogens is 320 g/mol. The van der Waals surface area contributed by atoms with Crippen LogP contribution in [0.15, 0.2) is 54.6 Å². The summed E-state index contributed by atoms with van der Waals surface area (Å²) in [7, 11) is 1.39. The van der Waals surface area contributed by atoms with Gasteiger partial charge in [-0.3, -0.25) is 9.59 Å². The van der Waals surface area contributed by atoms with E-state index >= 15 is 0 Å². The molecule has 2 atom stereocenters. The van der Waals surface area contributed by atoms with Crippen LogP contribution in [0.3, 0.4) is 0 Å². The lowest BCUT2D eigenvalue weighted by Crippen LogP contribution is -2.19. The van der Waals surface area contributed by atoms with Gasteiger partial charge in [0.25, 0.3) is 0 Å². The minimum atomic E-state index is -0.265. The largest absolute Gasteiger partial charge is 0.469 e. The highest BCUT2D eigenvalue weighted by molar-refractivity contribution is 8.14. The number of ether oxygens (including phenoxy) is 1. The third-order valence-electron chi connectivity index (χ3n) is 3.99. The molecule has 0 aliphatic rings. The van der Waals surface area contributed by atoms with Crippen molar-refractivity contribution in [2.45, 2.75) is 31.4 Å². The lowest BCUT2D eigenvalue weighted by atomic mass is 9.93. The first-order valence-corrected chi connectivity index (χ1v) is 8.78. The fourth-order valence-corrected chi connectivity index (χ4v) is 3.55. The van der Waals surface area contributed by atoms with Gasteiger partial charge in [-0.2, -0.15) is 0 Å². The average molecular weight is 342 g/mol. The Morgan fingerprint density at radius 3 is 2.25 bits per heavy atom. The van der Waals surface area contributed by atoms with Crippen LogP contribution in [0.4, 0.5) is 0 Å². The molecule has 0 saturated carbocycles. The number of rotatable bonds is 6. The minimum absolute atomic E-state index is 0.0216. The summed E-state index contributed by atoms with van der Waals surface area (Å²) < 4.78 is 4.82. The molecule has 4 heteroatoms. The molecule has 126 valence electrons. The molecule has 0 N–H and O–H groups in total. The maximum atomic E-state index is 12.5. The Labute approximate surface area is 147 Å². The van der Waals surface area contributed by atoms with Gasteiger partial charge in [0.05, 0.1) is 13.5 Å². The van der Waals surface area contributed by atoms with Gasteiger partial charge >= 0.3 is 5.97 Å². The Morgan fingerprint density at radius 2 is 1.67 bits per heavy atom. The number of carbonyl (C=O) groups excluding carboxylic acids is 2. The molecule has 2 rings (SSSR count). The summed E-state index contributed by atoms with van der Waals surface area (Å²) in [6.07, 6.45) is 0.260. The van der Waals surface area contributed by atoms with Crippen LogP contribution in [-0.4, -0.2) is 23.4 Å². The summed E-state index contributed by atoms with van der Waals surface area (Å²) in [5.41, 5.74) is 2.85. The van der Waals surface area contributed by atoms with Crippen LogP contribution in [0, 0.1) is 6.92 Å². The first-order valence-electron chi connectivity index (χ1n) is 7.90. The van der Waals surface area contributed by atoms with Gasteiger partial charge in [0.1, 0.15) is 0 Å². The minimum Gasteiger partial charge on any atom is -0.469 e. The molecule has 0 bridgehead atoms. The SMILES string of the molecule is COC(=O)CC(c1ccccc1)C(C)SC(=O)c1ccc(C)cc1. The Kier molecular flexibility index (Phi) is 6.62. The van der Waals surface area contributed by atoms with Crippen molar-refractivity contribution in [3.05, 3.63) is 71.3 Å². The van der Waals surface area contributed by atoms with Gasteiger partial charge < -0.3 is 4.74 Å². The van der Waals surface area contributed by atoms with Crippen LogP contribution in [0.5, 0.6) is 0 Å².